The van der Waals surface area contributed by atoms with Crippen LogP contribution in [0.2, 0.25) is 0 Å². The van der Waals surface area contributed by atoms with Gasteiger partial charge in [0.05, 0.1) is 0 Å². The summed E-state index contributed by atoms with van der Waals surface area (Å²) in [7, 11) is 4.87. The minimum absolute atomic E-state index is 0.0744. The monoisotopic (exact) mass is 726 g/mol. The van der Waals surface area contributed by atoms with E-state index in [-0.39, 0.29) is 51.3 Å². The Hall–Kier alpha value is -5.00. The Morgan fingerprint density at radius 1 is 0.731 bits per heavy atom. The van der Waals surface area contributed by atoms with Crippen LogP contribution in [0.4, 0.5) is 30.6 Å². The van der Waals surface area contributed by atoms with Gasteiger partial charge in [-0.2, -0.15) is 0 Å². The van der Waals surface area contributed by atoms with Crippen molar-refractivity contribution in [3.05, 3.63) is 59.7 Å². The predicted molar refractivity (Wildman–Crippen MR) is 190 cm³/mol. The van der Waals surface area contributed by atoms with E-state index in [0.717, 1.165) is 11.1 Å². The van der Waals surface area contributed by atoms with Crippen molar-refractivity contribution in [2.45, 2.75) is 44.1 Å². The van der Waals surface area contributed by atoms with Crippen molar-refractivity contribution < 1.29 is 43.2 Å². The molecule has 52 heavy (non-hydrogen) atoms. The second kappa shape index (κ2) is 17.5. The van der Waals surface area contributed by atoms with Crippen molar-refractivity contribution in [3.63, 3.8) is 0 Å². The van der Waals surface area contributed by atoms with Gasteiger partial charge >= 0.3 is 24.2 Å². The number of aliphatic hydroxyl groups is 1. The lowest BCUT2D eigenvalue weighted by Gasteiger charge is -2.40. The lowest BCUT2D eigenvalue weighted by molar-refractivity contribution is -0.249. The summed E-state index contributed by atoms with van der Waals surface area (Å²) in [5, 5.41) is 11.1. The summed E-state index contributed by atoms with van der Waals surface area (Å²) in [6.07, 6.45) is -5.28. The van der Waals surface area contributed by atoms with Crippen LogP contribution in [-0.4, -0.2) is 164 Å². The molecule has 3 saturated heterocycles. The van der Waals surface area contributed by atoms with Crippen molar-refractivity contribution in [2.75, 3.05) is 91.6 Å². The first-order valence-electron chi connectivity index (χ1n) is 17.3. The normalized spacial score (nSPS) is 22.1. The van der Waals surface area contributed by atoms with Gasteiger partial charge in [0, 0.05) is 104 Å². The standard InChI is InChI=1S/C35H50N8O9/c1-38(21-24-4-8-26(36)9-5-24)32(45)40-12-16-42(17-13-40)34(47)50-23-29-31(44)28(20-30(49-3)51-29)52-35(48)43-18-14-41(15-19-43)33(46)39(2)22-25-6-10-27(37)11-7-25/h4-11,28-31,44H,12-23,36-37H2,1-3H3/t28-,29-,30+,31+/m1/s1. The van der Waals surface area contributed by atoms with E-state index in [4.69, 9.17) is 30.4 Å². The number of amides is 6. The minimum Gasteiger partial charge on any atom is -0.447 e. The Balaban J connectivity index is 1.04. The molecule has 3 aliphatic heterocycles. The van der Waals surface area contributed by atoms with E-state index in [1.54, 1.807) is 58.0 Å². The molecule has 6 amide bonds. The Morgan fingerprint density at radius 2 is 1.15 bits per heavy atom. The third-order valence-electron chi connectivity index (χ3n) is 9.47. The molecular weight excluding hydrogens is 676 g/mol. The van der Waals surface area contributed by atoms with E-state index in [1.807, 2.05) is 24.3 Å². The first-order chi connectivity index (χ1) is 24.9. The highest BCUT2D eigenvalue weighted by Gasteiger charge is 2.42. The molecule has 0 unspecified atom stereocenters. The average molecular weight is 727 g/mol. The molecule has 284 valence electrons. The number of methoxy groups -OCH3 is 1. The summed E-state index contributed by atoms with van der Waals surface area (Å²) >= 11 is 0. The third kappa shape index (κ3) is 9.86. The van der Waals surface area contributed by atoms with Gasteiger partial charge in [-0.15, -0.1) is 0 Å². The van der Waals surface area contributed by atoms with Gasteiger partial charge in [0.2, 0.25) is 0 Å². The predicted octanol–water partition coefficient (Wildman–Crippen LogP) is 1.65. The van der Waals surface area contributed by atoms with Gasteiger partial charge in [-0.1, -0.05) is 24.3 Å². The highest BCUT2D eigenvalue weighted by Crippen LogP contribution is 2.25. The molecule has 0 aromatic heterocycles. The zero-order valence-corrected chi connectivity index (χ0v) is 30.0. The molecule has 3 heterocycles. The summed E-state index contributed by atoms with van der Waals surface area (Å²) < 4.78 is 22.4. The van der Waals surface area contributed by atoms with Gasteiger partial charge in [-0.3, -0.25) is 0 Å². The molecule has 0 saturated carbocycles. The molecule has 4 atom stereocenters. The van der Waals surface area contributed by atoms with Gasteiger partial charge in [0.15, 0.2) is 6.29 Å². The van der Waals surface area contributed by atoms with Gasteiger partial charge in [-0.05, 0) is 35.4 Å². The van der Waals surface area contributed by atoms with Crippen LogP contribution in [0.15, 0.2) is 48.5 Å². The number of carbonyl (C=O) groups excluding carboxylic acids is 4. The van der Waals surface area contributed by atoms with Crippen LogP contribution in [0, 0.1) is 0 Å². The summed E-state index contributed by atoms with van der Waals surface area (Å²) in [4.78, 5) is 61.7. The van der Waals surface area contributed by atoms with Crippen molar-refractivity contribution in [1.29, 1.82) is 0 Å². The number of nitrogen functional groups attached to an aromatic ring is 2. The largest absolute Gasteiger partial charge is 0.447 e. The van der Waals surface area contributed by atoms with Crippen molar-refractivity contribution in [2.24, 2.45) is 0 Å². The number of aliphatic hydroxyl groups excluding tert-OH is 1. The van der Waals surface area contributed by atoms with E-state index in [2.05, 4.69) is 0 Å². The maximum absolute atomic E-state index is 13.1. The number of rotatable bonds is 8. The second-order valence-corrected chi connectivity index (χ2v) is 13.3. The first kappa shape index (κ1) is 38.2. The average Bonchev–Trinajstić information content (AvgIpc) is 3.16. The molecule has 0 bridgehead atoms. The Labute approximate surface area is 303 Å². The smallest absolute Gasteiger partial charge is 0.410 e. The zero-order chi connectivity index (χ0) is 37.4. The maximum Gasteiger partial charge on any atom is 0.410 e. The minimum atomic E-state index is -1.29. The van der Waals surface area contributed by atoms with E-state index >= 15 is 0 Å². The molecule has 0 spiro atoms. The van der Waals surface area contributed by atoms with Crippen molar-refractivity contribution in [3.8, 4) is 0 Å². The molecule has 0 radical (unpaired) electrons. The summed E-state index contributed by atoms with van der Waals surface area (Å²) in [5.41, 5.74) is 14.7. The fourth-order valence-electron chi connectivity index (χ4n) is 6.33. The van der Waals surface area contributed by atoms with Crippen LogP contribution in [0.3, 0.4) is 0 Å². The summed E-state index contributed by atoms with van der Waals surface area (Å²) in [6.45, 7) is 2.88. The van der Waals surface area contributed by atoms with E-state index in [0.29, 0.717) is 50.6 Å². The molecule has 0 aliphatic carbocycles. The quantitative estimate of drug-likeness (QED) is 0.335. The topological polar surface area (TPSA) is 197 Å². The van der Waals surface area contributed by atoms with Crippen molar-refractivity contribution >= 4 is 35.6 Å². The Bertz CT molecular complexity index is 1520. The Kier molecular flexibility index (Phi) is 12.9. The number of hydrogen-bond donors (Lipinski definition) is 3. The number of nitrogens with two attached hydrogens (primary N) is 2. The van der Waals surface area contributed by atoms with Crippen LogP contribution < -0.4 is 11.5 Å². The molecule has 2 aromatic rings. The molecule has 2 aromatic carbocycles. The van der Waals surface area contributed by atoms with Gasteiger partial charge in [0.25, 0.3) is 0 Å². The number of carbonyl (C=O) groups is 4. The molecule has 5 N–H and O–H groups in total. The van der Waals surface area contributed by atoms with Crippen LogP contribution >= 0.6 is 0 Å². The van der Waals surface area contributed by atoms with Crippen LogP contribution in [-0.2, 0) is 32.0 Å². The van der Waals surface area contributed by atoms with E-state index in [9.17, 15) is 24.3 Å². The number of piperazine rings is 2. The first-order valence-corrected chi connectivity index (χ1v) is 17.3. The highest BCUT2D eigenvalue weighted by molar-refractivity contribution is 5.76. The molecule has 3 aliphatic rings. The molecule has 3 fully saturated rings. The Morgan fingerprint density at radius 3 is 1.60 bits per heavy atom. The van der Waals surface area contributed by atoms with E-state index < -0.39 is 36.8 Å². The highest BCUT2D eigenvalue weighted by atomic mass is 16.7. The molecule has 17 nitrogen and oxygen atoms in total. The number of ether oxygens (including phenoxy) is 4. The second-order valence-electron chi connectivity index (χ2n) is 13.3. The van der Waals surface area contributed by atoms with Crippen molar-refractivity contribution in [1.82, 2.24) is 29.4 Å². The van der Waals surface area contributed by atoms with Gasteiger partial charge in [-0.25, -0.2) is 19.2 Å². The van der Waals surface area contributed by atoms with E-state index in [1.165, 1.54) is 16.9 Å². The number of nitrogens with zero attached hydrogens (tertiary/aromatic N) is 6. The molecule has 5 rings (SSSR count). The van der Waals surface area contributed by atoms with Crippen LogP contribution in [0.25, 0.3) is 0 Å². The molecular formula is C35H50N8O9. The lowest BCUT2D eigenvalue weighted by atomic mass is 10.0. The number of urea groups is 2. The summed E-state index contributed by atoms with van der Waals surface area (Å²) in [5.74, 6) is 0. The zero-order valence-electron chi connectivity index (χ0n) is 30.0. The van der Waals surface area contributed by atoms with Gasteiger partial charge in [0.1, 0.15) is 24.9 Å². The fourth-order valence-corrected chi connectivity index (χ4v) is 6.33. The van der Waals surface area contributed by atoms with Crippen LogP contribution in [0.1, 0.15) is 17.5 Å². The maximum atomic E-state index is 13.1. The number of anilines is 2. The SMILES string of the molecule is CO[C@@H]1C[C@@H](OC(=O)N2CCN(C(=O)N(C)Cc3ccc(N)cc3)CC2)[C@H](O)[C@@H](COC(=O)N2CCN(C(=O)N(C)Cc3ccc(N)cc3)CC2)O1. The number of benzene rings is 2. The number of hydrogen-bond acceptors (Lipinski definition) is 11. The van der Waals surface area contributed by atoms with Gasteiger partial charge < -0.3 is 64.9 Å². The molecule has 17 heteroatoms. The lowest BCUT2D eigenvalue weighted by Crippen LogP contribution is -2.56. The van der Waals surface area contributed by atoms with Crippen LogP contribution in [0.5, 0.6) is 0 Å². The third-order valence-corrected chi connectivity index (χ3v) is 9.47. The summed E-state index contributed by atoms with van der Waals surface area (Å²) in [6, 6.07) is 14.3. The fraction of sp³-hybridized carbons (Fsp3) is 0.543.